The van der Waals surface area contributed by atoms with Crippen molar-refractivity contribution in [2.45, 2.75) is 46.6 Å². The van der Waals surface area contributed by atoms with Gasteiger partial charge in [0.15, 0.2) is 11.4 Å². The standard InChI is InChI=1S/C12H20N2OS/c1-5-7-10-11(8-15)16-12(13-10)14(6-2)9(3)4/h8-9H,5-7H2,1-4H3. The van der Waals surface area contributed by atoms with Gasteiger partial charge in [0.2, 0.25) is 0 Å². The Morgan fingerprint density at radius 3 is 2.56 bits per heavy atom. The second-order valence-corrected chi connectivity index (χ2v) is 5.06. The molecule has 1 rings (SSSR count). The van der Waals surface area contributed by atoms with Crippen LogP contribution in [-0.4, -0.2) is 23.9 Å². The summed E-state index contributed by atoms with van der Waals surface area (Å²) in [6.07, 6.45) is 2.85. The van der Waals surface area contributed by atoms with Gasteiger partial charge in [-0.1, -0.05) is 24.7 Å². The molecule has 90 valence electrons. The lowest BCUT2D eigenvalue weighted by atomic mass is 10.2. The molecular formula is C12H20N2OS. The van der Waals surface area contributed by atoms with Gasteiger partial charge in [-0.25, -0.2) is 4.98 Å². The second-order valence-electron chi connectivity index (χ2n) is 4.05. The van der Waals surface area contributed by atoms with E-state index in [1.54, 1.807) is 0 Å². The predicted molar refractivity (Wildman–Crippen MR) is 69.7 cm³/mol. The second kappa shape index (κ2) is 5.99. The molecule has 0 spiro atoms. The van der Waals surface area contributed by atoms with E-state index in [1.807, 2.05) is 0 Å². The Balaban J connectivity index is 3.00. The summed E-state index contributed by atoms with van der Waals surface area (Å²) in [5.74, 6) is 0. The van der Waals surface area contributed by atoms with Crippen LogP contribution in [-0.2, 0) is 6.42 Å². The molecule has 0 aliphatic rings. The van der Waals surface area contributed by atoms with Gasteiger partial charge in [-0.05, 0) is 27.2 Å². The lowest BCUT2D eigenvalue weighted by Crippen LogP contribution is -2.30. The highest BCUT2D eigenvalue weighted by Crippen LogP contribution is 2.27. The van der Waals surface area contributed by atoms with Gasteiger partial charge in [-0.3, -0.25) is 4.79 Å². The highest BCUT2D eigenvalue weighted by Gasteiger charge is 2.16. The minimum atomic E-state index is 0.421. The molecule has 0 N–H and O–H groups in total. The Kier molecular flexibility index (Phi) is 4.93. The Morgan fingerprint density at radius 2 is 2.12 bits per heavy atom. The fourth-order valence-corrected chi connectivity index (χ4v) is 2.83. The molecule has 0 aliphatic carbocycles. The third kappa shape index (κ3) is 2.82. The van der Waals surface area contributed by atoms with Crippen molar-refractivity contribution in [3.8, 4) is 0 Å². The number of anilines is 1. The van der Waals surface area contributed by atoms with E-state index in [9.17, 15) is 4.79 Å². The van der Waals surface area contributed by atoms with Gasteiger partial charge in [0.1, 0.15) is 0 Å². The fraction of sp³-hybridized carbons (Fsp3) is 0.667. The van der Waals surface area contributed by atoms with Gasteiger partial charge in [0, 0.05) is 12.6 Å². The largest absolute Gasteiger partial charge is 0.346 e. The summed E-state index contributed by atoms with van der Waals surface area (Å²) in [5.41, 5.74) is 0.955. The zero-order valence-corrected chi connectivity index (χ0v) is 11.3. The van der Waals surface area contributed by atoms with E-state index < -0.39 is 0 Å². The predicted octanol–water partition coefficient (Wildman–Crippen LogP) is 3.14. The highest BCUT2D eigenvalue weighted by molar-refractivity contribution is 7.17. The van der Waals surface area contributed by atoms with E-state index in [1.165, 1.54) is 11.3 Å². The van der Waals surface area contributed by atoms with Crippen molar-refractivity contribution < 1.29 is 4.79 Å². The number of nitrogens with zero attached hydrogens (tertiary/aromatic N) is 2. The Labute approximate surface area is 101 Å². The molecule has 1 aromatic rings. The van der Waals surface area contributed by atoms with Gasteiger partial charge in [-0.15, -0.1) is 0 Å². The first-order valence-electron chi connectivity index (χ1n) is 5.85. The molecule has 0 aliphatic heterocycles. The van der Waals surface area contributed by atoms with Gasteiger partial charge >= 0.3 is 0 Å². The number of rotatable bonds is 6. The molecule has 0 fully saturated rings. The van der Waals surface area contributed by atoms with Gasteiger partial charge in [0.25, 0.3) is 0 Å². The van der Waals surface area contributed by atoms with Gasteiger partial charge in [-0.2, -0.15) is 0 Å². The summed E-state index contributed by atoms with van der Waals surface area (Å²) in [7, 11) is 0. The summed E-state index contributed by atoms with van der Waals surface area (Å²) >= 11 is 1.51. The van der Waals surface area contributed by atoms with Crippen LogP contribution in [0.5, 0.6) is 0 Å². The van der Waals surface area contributed by atoms with E-state index in [2.05, 4.69) is 37.6 Å². The summed E-state index contributed by atoms with van der Waals surface area (Å²) in [6.45, 7) is 9.43. The minimum absolute atomic E-state index is 0.421. The first-order valence-corrected chi connectivity index (χ1v) is 6.67. The number of thiazole rings is 1. The van der Waals surface area contributed by atoms with Crippen LogP contribution in [0.25, 0.3) is 0 Å². The topological polar surface area (TPSA) is 33.2 Å². The Bertz CT molecular complexity index is 347. The molecule has 0 aromatic carbocycles. The summed E-state index contributed by atoms with van der Waals surface area (Å²) in [5, 5.41) is 0.975. The normalized spacial score (nSPS) is 10.8. The van der Waals surface area contributed by atoms with Crippen LogP contribution >= 0.6 is 11.3 Å². The van der Waals surface area contributed by atoms with E-state index in [0.717, 1.165) is 41.4 Å². The molecule has 3 nitrogen and oxygen atoms in total. The molecule has 16 heavy (non-hydrogen) atoms. The molecule has 0 radical (unpaired) electrons. The highest BCUT2D eigenvalue weighted by atomic mass is 32.1. The number of carbonyl (C=O) groups excluding carboxylic acids is 1. The average Bonchev–Trinajstić information content (AvgIpc) is 2.62. The maximum absolute atomic E-state index is 10.9. The lowest BCUT2D eigenvalue weighted by molar-refractivity contribution is 0.112. The SMILES string of the molecule is CCCc1nc(N(CC)C(C)C)sc1C=O. The van der Waals surface area contributed by atoms with Gasteiger partial charge < -0.3 is 4.90 Å². The number of carbonyl (C=O) groups is 1. The summed E-state index contributed by atoms with van der Waals surface area (Å²) in [4.78, 5) is 18.5. The molecule has 0 unspecified atom stereocenters. The number of aromatic nitrogens is 1. The maximum Gasteiger partial charge on any atom is 0.186 e. The van der Waals surface area contributed by atoms with Crippen LogP contribution in [0, 0.1) is 0 Å². The van der Waals surface area contributed by atoms with Crippen molar-refractivity contribution in [2.75, 3.05) is 11.4 Å². The van der Waals surface area contributed by atoms with Crippen LogP contribution in [0.15, 0.2) is 0 Å². The smallest absolute Gasteiger partial charge is 0.186 e. The average molecular weight is 240 g/mol. The molecule has 0 atom stereocenters. The van der Waals surface area contributed by atoms with Crippen molar-refractivity contribution in [1.29, 1.82) is 0 Å². The molecule has 0 saturated heterocycles. The zero-order valence-electron chi connectivity index (χ0n) is 10.5. The third-order valence-corrected chi connectivity index (χ3v) is 3.58. The van der Waals surface area contributed by atoms with Gasteiger partial charge in [0.05, 0.1) is 10.6 Å². The van der Waals surface area contributed by atoms with Crippen molar-refractivity contribution in [2.24, 2.45) is 0 Å². The fourth-order valence-electron chi connectivity index (χ4n) is 1.70. The first kappa shape index (κ1) is 13.2. The molecule has 0 bridgehead atoms. The molecule has 0 saturated carbocycles. The summed E-state index contributed by atoms with van der Waals surface area (Å²) in [6, 6.07) is 0.421. The Morgan fingerprint density at radius 1 is 1.44 bits per heavy atom. The van der Waals surface area contributed by atoms with E-state index >= 15 is 0 Å². The monoisotopic (exact) mass is 240 g/mol. The van der Waals surface area contributed by atoms with Crippen molar-refractivity contribution in [3.63, 3.8) is 0 Å². The van der Waals surface area contributed by atoms with E-state index in [0.29, 0.717) is 6.04 Å². The van der Waals surface area contributed by atoms with Crippen LogP contribution in [0.1, 0.15) is 49.5 Å². The quantitative estimate of drug-likeness (QED) is 0.716. The zero-order chi connectivity index (χ0) is 12.1. The van der Waals surface area contributed by atoms with Crippen LogP contribution < -0.4 is 4.90 Å². The van der Waals surface area contributed by atoms with Crippen molar-refractivity contribution >= 4 is 22.8 Å². The lowest BCUT2D eigenvalue weighted by Gasteiger charge is -2.24. The van der Waals surface area contributed by atoms with Crippen LogP contribution in [0.2, 0.25) is 0 Å². The molecule has 0 amide bonds. The van der Waals surface area contributed by atoms with E-state index in [-0.39, 0.29) is 0 Å². The van der Waals surface area contributed by atoms with Crippen LogP contribution in [0.3, 0.4) is 0 Å². The maximum atomic E-state index is 10.9. The Hall–Kier alpha value is -0.900. The molecule has 1 aromatic heterocycles. The molecule has 4 heteroatoms. The summed E-state index contributed by atoms with van der Waals surface area (Å²) < 4.78 is 0. The number of aldehydes is 1. The number of aryl methyl sites for hydroxylation is 1. The third-order valence-electron chi connectivity index (χ3n) is 2.52. The molecular weight excluding hydrogens is 220 g/mol. The molecule has 1 heterocycles. The van der Waals surface area contributed by atoms with E-state index in [4.69, 9.17) is 0 Å². The van der Waals surface area contributed by atoms with Crippen LogP contribution in [0.4, 0.5) is 5.13 Å². The minimum Gasteiger partial charge on any atom is -0.346 e. The van der Waals surface area contributed by atoms with Crippen molar-refractivity contribution in [3.05, 3.63) is 10.6 Å². The number of hydrogen-bond acceptors (Lipinski definition) is 4. The first-order chi connectivity index (χ1) is 7.63. The van der Waals surface area contributed by atoms with Crippen molar-refractivity contribution in [1.82, 2.24) is 4.98 Å². The number of hydrogen-bond donors (Lipinski definition) is 0.